The molecule has 0 heterocycles. The highest BCUT2D eigenvalue weighted by Crippen LogP contribution is 2.43. The Balaban J connectivity index is 1.95. The van der Waals surface area contributed by atoms with Gasteiger partial charge in [-0.25, -0.2) is 0 Å². The molecule has 1 saturated carbocycles. The molecule has 2 aromatic rings. The minimum Gasteiger partial charge on any atom is -0.490 e. The van der Waals surface area contributed by atoms with Gasteiger partial charge in [0.2, 0.25) is 0 Å². The van der Waals surface area contributed by atoms with E-state index in [0.29, 0.717) is 12.3 Å². The van der Waals surface area contributed by atoms with Crippen LogP contribution in [-0.2, 0) is 0 Å². The number of hydrogen-bond acceptors (Lipinski definition) is 1. The van der Waals surface area contributed by atoms with Gasteiger partial charge in [0, 0.05) is 0 Å². The van der Waals surface area contributed by atoms with Crippen LogP contribution in [0.25, 0.3) is 11.1 Å². The van der Waals surface area contributed by atoms with Crippen LogP contribution in [0.15, 0.2) is 12.2 Å². The number of benzene rings is 2. The van der Waals surface area contributed by atoms with Crippen LogP contribution in [0.5, 0.6) is 5.75 Å². The molecule has 1 nitrogen and oxygen atoms in total. The molecule has 0 atom stereocenters. The first-order chi connectivity index (χ1) is 15.5. The molecule has 3 rings (SSSR count). The molecule has 0 saturated heterocycles. The molecule has 33 heavy (non-hydrogen) atoms. The SMILES string of the molecule is Cc1c(C)c(C)c(-c2c(C)c(C)c(OC3CCC(CC=C(F)F)CC3)c(C)c2C)c(C)c1C. The topological polar surface area (TPSA) is 9.23 Å². The molecule has 0 bridgehead atoms. The van der Waals surface area contributed by atoms with Crippen molar-refractivity contribution in [3.05, 3.63) is 62.2 Å². The maximum absolute atomic E-state index is 12.4. The average Bonchev–Trinajstić information content (AvgIpc) is 2.79. The van der Waals surface area contributed by atoms with E-state index in [1.807, 2.05) is 0 Å². The largest absolute Gasteiger partial charge is 0.490 e. The minimum atomic E-state index is -1.56. The number of hydrogen-bond donors (Lipinski definition) is 0. The van der Waals surface area contributed by atoms with Crippen LogP contribution >= 0.6 is 0 Å². The lowest BCUT2D eigenvalue weighted by molar-refractivity contribution is 0.129. The molecule has 0 aromatic heterocycles. The fraction of sp³-hybridized carbons (Fsp3) is 0.533. The third kappa shape index (κ3) is 4.88. The summed E-state index contributed by atoms with van der Waals surface area (Å²) in [6.07, 6.45) is 3.91. The van der Waals surface area contributed by atoms with Crippen LogP contribution in [0.4, 0.5) is 8.78 Å². The molecule has 2 aromatic carbocycles. The van der Waals surface area contributed by atoms with E-state index in [1.54, 1.807) is 0 Å². The third-order valence-corrected chi connectivity index (χ3v) is 8.49. The summed E-state index contributed by atoms with van der Waals surface area (Å²) in [6, 6.07) is 0. The van der Waals surface area contributed by atoms with Crippen LogP contribution in [-0.4, -0.2) is 6.10 Å². The van der Waals surface area contributed by atoms with E-state index in [2.05, 4.69) is 62.3 Å². The van der Waals surface area contributed by atoms with Gasteiger partial charge in [0.1, 0.15) is 5.75 Å². The van der Waals surface area contributed by atoms with Crippen LogP contribution in [0.1, 0.15) is 82.2 Å². The monoisotopic (exact) mass is 454 g/mol. The molecule has 1 aliphatic carbocycles. The van der Waals surface area contributed by atoms with Gasteiger partial charge in [0.05, 0.1) is 6.10 Å². The van der Waals surface area contributed by atoms with Crippen molar-refractivity contribution in [3.63, 3.8) is 0 Å². The van der Waals surface area contributed by atoms with Crippen molar-refractivity contribution in [2.24, 2.45) is 5.92 Å². The number of ether oxygens (including phenoxy) is 1. The lowest BCUT2D eigenvalue weighted by atomic mass is 9.81. The predicted molar refractivity (Wildman–Crippen MR) is 136 cm³/mol. The third-order valence-electron chi connectivity index (χ3n) is 8.49. The lowest BCUT2D eigenvalue weighted by Crippen LogP contribution is -2.25. The van der Waals surface area contributed by atoms with Gasteiger partial charge in [-0.3, -0.25) is 0 Å². The summed E-state index contributed by atoms with van der Waals surface area (Å²) in [4.78, 5) is 0. The molecule has 0 spiro atoms. The predicted octanol–water partition coefficient (Wildman–Crippen LogP) is 9.24. The summed E-state index contributed by atoms with van der Waals surface area (Å²) < 4.78 is 31.5. The number of halogens is 2. The van der Waals surface area contributed by atoms with Gasteiger partial charge >= 0.3 is 0 Å². The standard InChI is InChI=1S/C30H40F2O/c1-16-17(2)19(4)28(20(5)18(16)3)29-21(6)23(8)30(24(9)22(29)7)33-26-13-10-25(11-14-26)12-15-27(31)32/h15,25-26H,10-14H2,1-9H3. The summed E-state index contributed by atoms with van der Waals surface area (Å²) >= 11 is 0. The summed E-state index contributed by atoms with van der Waals surface area (Å²) in [5.74, 6) is 1.36. The number of allylic oxidation sites excluding steroid dienone is 1. The van der Waals surface area contributed by atoms with Crippen molar-refractivity contribution >= 4 is 0 Å². The van der Waals surface area contributed by atoms with Crippen molar-refractivity contribution in [1.29, 1.82) is 0 Å². The van der Waals surface area contributed by atoms with Crippen LogP contribution in [0.2, 0.25) is 0 Å². The second-order valence-electron chi connectivity index (χ2n) is 10.2. The molecule has 0 aliphatic heterocycles. The highest BCUT2D eigenvalue weighted by Gasteiger charge is 2.26. The second kappa shape index (κ2) is 9.99. The van der Waals surface area contributed by atoms with Crippen LogP contribution < -0.4 is 4.74 Å². The molecule has 0 amide bonds. The van der Waals surface area contributed by atoms with E-state index in [9.17, 15) is 8.78 Å². The molecule has 0 radical (unpaired) electrons. The van der Waals surface area contributed by atoms with Crippen LogP contribution in [0.3, 0.4) is 0 Å². The molecule has 3 heteroatoms. The Morgan fingerprint density at radius 3 is 1.45 bits per heavy atom. The highest BCUT2D eigenvalue weighted by atomic mass is 19.3. The Labute approximate surface area is 199 Å². The quantitative estimate of drug-likeness (QED) is 0.437. The van der Waals surface area contributed by atoms with Gasteiger partial charge in [-0.1, -0.05) is 0 Å². The van der Waals surface area contributed by atoms with E-state index in [4.69, 9.17) is 4.74 Å². The molecule has 1 fully saturated rings. The second-order valence-corrected chi connectivity index (χ2v) is 10.2. The van der Waals surface area contributed by atoms with Crippen molar-refractivity contribution < 1.29 is 13.5 Å². The lowest BCUT2D eigenvalue weighted by Gasteiger charge is -2.31. The zero-order chi connectivity index (χ0) is 24.6. The van der Waals surface area contributed by atoms with Crippen molar-refractivity contribution in [2.45, 2.75) is 101 Å². The van der Waals surface area contributed by atoms with E-state index in [0.717, 1.165) is 37.5 Å². The summed E-state index contributed by atoms with van der Waals surface area (Å²) in [5.41, 5.74) is 14.6. The maximum atomic E-state index is 12.4. The first-order valence-electron chi connectivity index (χ1n) is 12.3. The normalized spacial score (nSPS) is 18.4. The van der Waals surface area contributed by atoms with Gasteiger partial charge < -0.3 is 4.74 Å². The molecule has 0 unspecified atom stereocenters. The smallest absolute Gasteiger partial charge is 0.266 e. The van der Waals surface area contributed by atoms with Crippen molar-refractivity contribution in [3.8, 4) is 16.9 Å². The van der Waals surface area contributed by atoms with Crippen molar-refractivity contribution in [2.75, 3.05) is 0 Å². The molecule has 180 valence electrons. The molecular weight excluding hydrogens is 414 g/mol. The molecule has 0 N–H and O–H groups in total. The van der Waals surface area contributed by atoms with E-state index in [-0.39, 0.29) is 6.10 Å². The zero-order valence-corrected chi connectivity index (χ0v) is 21.9. The Bertz CT molecular complexity index is 1020. The Morgan fingerprint density at radius 2 is 1.03 bits per heavy atom. The Hall–Kier alpha value is -2.16. The fourth-order valence-electron chi connectivity index (χ4n) is 5.61. The first kappa shape index (κ1) is 25.5. The fourth-order valence-corrected chi connectivity index (χ4v) is 5.61. The molecule has 1 aliphatic rings. The van der Waals surface area contributed by atoms with E-state index < -0.39 is 6.08 Å². The Morgan fingerprint density at radius 1 is 0.636 bits per heavy atom. The zero-order valence-electron chi connectivity index (χ0n) is 21.9. The first-order valence-corrected chi connectivity index (χ1v) is 12.3. The highest BCUT2D eigenvalue weighted by molar-refractivity contribution is 5.82. The summed E-state index contributed by atoms with van der Waals surface area (Å²) in [6.45, 7) is 20.0. The van der Waals surface area contributed by atoms with Gasteiger partial charge in [0.25, 0.3) is 6.08 Å². The number of rotatable bonds is 5. The average molecular weight is 455 g/mol. The minimum absolute atomic E-state index is 0.162. The van der Waals surface area contributed by atoms with Gasteiger partial charge in [-0.2, -0.15) is 8.78 Å². The van der Waals surface area contributed by atoms with E-state index >= 15 is 0 Å². The van der Waals surface area contributed by atoms with Crippen molar-refractivity contribution in [1.82, 2.24) is 0 Å². The van der Waals surface area contributed by atoms with Gasteiger partial charge in [-0.05, 0) is 168 Å². The summed E-state index contributed by atoms with van der Waals surface area (Å²) in [7, 11) is 0. The van der Waals surface area contributed by atoms with E-state index in [1.165, 1.54) is 61.2 Å². The molecular formula is C30H40F2O. The van der Waals surface area contributed by atoms with Crippen LogP contribution in [0, 0.1) is 68.2 Å². The van der Waals surface area contributed by atoms with Gasteiger partial charge in [0.15, 0.2) is 0 Å². The Kier molecular flexibility index (Phi) is 7.71. The maximum Gasteiger partial charge on any atom is 0.266 e. The van der Waals surface area contributed by atoms with Gasteiger partial charge in [-0.15, -0.1) is 0 Å². The summed E-state index contributed by atoms with van der Waals surface area (Å²) in [5, 5.41) is 0.